The molecular formula is C47H89F3N2O10. The van der Waals surface area contributed by atoms with E-state index in [2.05, 4.69) is 17.1 Å². The molecule has 0 radical (unpaired) electrons. The molecule has 0 aromatic carbocycles. The fourth-order valence-corrected chi connectivity index (χ4v) is 8.71. The first kappa shape index (κ1) is 57.0. The van der Waals surface area contributed by atoms with Crippen LogP contribution in [0.25, 0.3) is 0 Å². The Morgan fingerprint density at radius 1 is 0.742 bits per heavy atom. The average molecular weight is 899 g/mol. The van der Waals surface area contributed by atoms with Crippen LogP contribution < -0.4 is 5.32 Å². The smallest absolute Gasteiger partial charge is 0.403 e. The second kappa shape index (κ2) is 31.7. The van der Waals surface area contributed by atoms with Crippen LogP contribution in [0.1, 0.15) is 188 Å². The Kier molecular flexibility index (Phi) is 29.2. The average Bonchev–Trinajstić information content (AvgIpc) is 3.21. The summed E-state index contributed by atoms with van der Waals surface area (Å²) >= 11 is 0. The highest BCUT2D eigenvalue weighted by atomic mass is 19.4. The number of nitrogens with one attached hydrogen (secondary N) is 1. The van der Waals surface area contributed by atoms with Gasteiger partial charge in [-0.05, 0) is 65.5 Å². The Morgan fingerprint density at radius 3 is 1.74 bits per heavy atom. The van der Waals surface area contributed by atoms with Gasteiger partial charge in [0.05, 0.1) is 38.0 Å². The predicted molar refractivity (Wildman–Crippen MR) is 235 cm³/mol. The van der Waals surface area contributed by atoms with Gasteiger partial charge in [-0.3, -0.25) is 15.0 Å². The summed E-state index contributed by atoms with van der Waals surface area (Å²) in [5, 5.41) is 65.1. The largest absolute Gasteiger partial charge is 0.459 e. The van der Waals surface area contributed by atoms with Crippen molar-refractivity contribution >= 4 is 5.97 Å². The molecule has 5 unspecified atom stereocenters. The highest BCUT2D eigenvalue weighted by Gasteiger charge is 2.46. The van der Waals surface area contributed by atoms with Crippen molar-refractivity contribution in [3.05, 3.63) is 0 Å². The van der Waals surface area contributed by atoms with Gasteiger partial charge in [0.2, 0.25) is 0 Å². The molecule has 7 N–H and O–H groups in total. The summed E-state index contributed by atoms with van der Waals surface area (Å²) in [5.41, 5.74) is -0.474. The first-order valence-corrected chi connectivity index (χ1v) is 24.5. The van der Waals surface area contributed by atoms with E-state index in [0.29, 0.717) is 31.7 Å². The number of esters is 1. The number of likely N-dealkylation sites (tertiary alicyclic amines) is 1. The third kappa shape index (κ3) is 24.4. The molecule has 0 amide bonds. The Bertz CT molecular complexity index is 1120. The summed E-state index contributed by atoms with van der Waals surface area (Å²) in [6.45, 7) is 8.68. The van der Waals surface area contributed by atoms with Crippen molar-refractivity contribution in [1.82, 2.24) is 10.2 Å². The number of piperidine rings is 1. The molecule has 2 heterocycles. The number of hydrogen-bond donors (Lipinski definition) is 7. The van der Waals surface area contributed by atoms with Crippen molar-refractivity contribution in [2.24, 2.45) is 5.92 Å². The van der Waals surface area contributed by atoms with Crippen LogP contribution >= 0.6 is 0 Å². The normalized spacial score (nSPS) is 23.9. The standard InChI is InChI=1S/C47H89F3N2O10/c1-5-6-7-8-9-10-11-12-13-17-20-23-26-37(54)41(56)36(34-60-45-44(59)43(58)42(57)38(33-53)61-45)51-39(47(48,49)50)27-24-21-18-15-14-16-19-22-25-35-28-30-52(31-29-35)32-40(55)62-46(2,3)4/h35-39,41-45,51,53-54,56-59H,5-34H2,1-4H3/t36-,37+,38?,39-,41-,42?,43?,44?,45?/m0/s1. The molecule has 368 valence electrons. The highest BCUT2D eigenvalue weighted by Crippen LogP contribution is 2.28. The SMILES string of the molecule is CCCCCCCCCCCCCC[C@@H](O)[C@@H](O)[C@H](COC1OC(CO)C(O)C(O)C1O)N[C@@H](CCCCCCCCCCC1CCN(CC(=O)OC(C)(C)C)CC1)C(F)(F)F. The van der Waals surface area contributed by atoms with Gasteiger partial charge in [0.15, 0.2) is 6.29 Å². The van der Waals surface area contributed by atoms with Crippen LogP contribution in [0.4, 0.5) is 13.2 Å². The second-order valence-corrected chi connectivity index (χ2v) is 19.3. The van der Waals surface area contributed by atoms with Crippen LogP contribution in [-0.4, -0.2) is 141 Å². The van der Waals surface area contributed by atoms with Gasteiger partial charge in [-0.25, -0.2) is 0 Å². The number of ether oxygens (including phenoxy) is 3. The van der Waals surface area contributed by atoms with Crippen LogP contribution in [-0.2, 0) is 19.0 Å². The van der Waals surface area contributed by atoms with Crippen molar-refractivity contribution in [3.63, 3.8) is 0 Å². The van der Waals surface area contributed by atoms with E-state index in [9.17, 15) is 48.6 Å². The van der Waals surface area contributed by atoms with Crippen molar-refractivity contribution in [1.29, 1.82) is 0 Å². The molecule has 0 aromatic rings. The van der Waals surface area contributed by atoms with Crippen molar-refractivity contribution in [3.8, 4) is 0 Å². The second-order valence-electron chi connectivity index (χ2n) is 19.3. The molecular weight excluding hydrogens is 810 g/mol. The van der Waals surface area contributed by atoms with Gasteiger partial charge in [-0.15, -0.1) is 0 Å². The maximum atomic E-state index is 14.4. The van der Waals surface area contributed by atoms with E-state index in [1.54, 1.807) is 0 Å². The molecule has 2 fully saturated rings. The van der Waals surface area contributed by atoms with E-state index in [0.717, 1.165) is 90.1 Å². The van der Waals surface area contributed by atoms with Crippen LogP contribution in [0.3, 0.4) is 0 Å². The lowest BCUT2D eigenvalue weighted by molar-refractivity contribution is -0.303. The minimum absolute atomic E-state index is 0.175. The Hall–Kier alpha value is -1.14. The minimum Gasteiger partial charge on any atom is -0.459 e. The van der Waals surface area contributed by atoms with Crippen LogP contribution in [0.2, 0.25) is 0 Å². The maximum absolute atomic E-state index is 14.4. The quantitative estimate of drug-likeness (QED) is 0.0251. The lowest BCUT2D eigenvalue weighted by atomic mass is 9.91. The minimum atomic E-state index is -4.66. The maximum Gasteiger partial charge on any atom is 0.403 e. The summed E-state index contributed by atoms with van der Waals surface area (Å²) in [7, 11) is 0. The summed E-state index contributed by atoms with van der Waals surface area (Å²) in [6, 6.07) is -3.41. The van der Waals surface area contributed by atoms with E-state index in [-0.39, 0.29) is 18.8 Å². The Morgan fingerprint density at radius 2 is 1.24 bits per heavy atom. The molecule has 0 saturated carbocycles. The van der Waals surface area contributed by atoms with Gasteiger partial charge in [0.25, 0.3) is 0 Å². The lowest BCUT2D eigenvalue weighted by Gasteiger charge is -2.40. The van der Waals surface area contributed by atoms with Gasteiger partial charge in [-0.2, -0.15) is 13.2 Å². The number of unbranched alkanes of at least 4 members (excludes halogenated alkanes) is 18. The van der Waals surface area contributed by atoms with Crippen molar-refractivity contribution in [2.75, 3.05) is 32.8 Å². The third-order valence-electron chi connectivity index (χ3n) is 12.6. The first-order valence-electron chi connectivity index (χ1n) is 24.5. The summed E-state index contributed by atoms with van der Waals surface area (Å²) < 4.78 is 59.8. The van der Waals surface area contributed by atoms with E-state index < -0.39 is 80.0 Å². The van der Waals surface area contributed by atoms with Gasteiger partial charge < -0.3 is 44.8 Å². The monoisotopic (exact) mass is 899 g/mol. The zero-order valence-corrected chi connectivity index (χ0v) is 38.9. The summed E-state index contributed by atoms with van der Waals surface area (Å²) in [6.07, 6.45) is 8.06. The molecule has 9 atom stereocenters. The molecule has 12 nitrogen and oxygen atoms in total. The van der Waals surface area contributed by atoms with E-state index in [1.165, 1.54) is 51.4 Å². The first-order chi connectivity index (χ1) is 29.5. The molecule has 2 aliphatic heterocycles. The van der Waals surface area contributed by atoms with Gasteiger partial charge in [-0.1, -0.05) is 142 Å². The Balaban J connectivity index is 1.78. The predicted octanol–water partition coefficient (Wildman–Crippen LogP) is 7.46. The van der Waals surface area contributed by atoms with Crippen molar-refractivity contribution in [2.45, 2.75) is 255 Å². The number of aliphatic hydroxyl groups is 6. The fourth-order valence-electron chi connectivity index (χ4n) is 8.71. The van der Waals surface area contributed by atoms with Gasteiger partial charge in [0, 0.05) is 0 Å². The highest BCUT2D eigenvalue weighted by molar-refractivity contribution is 5.72. The number of hydrogen-bond acceptors (Lipinski definition) is 12. The number of alkyl halides is 3. The number of carbonyl (C=O) groups is 1. The molecule has 15 heteroatoms. The molecule has 0 spiro atoms. The number of aliphatic hydroxyl groups excluding tert-OH is 6. The van der Waals surface area contributed by atoms with E-state index in [1.807, 2.05) is 20.8 Å². The van der Waals surface area contributed by atoms with Crippen LogP contribution in [0.15, 0.2) is 0 Å². The number of carbonyl (C=O) groups excluding carboxylic acids is 1. The zero-order chi connectivity index (χ0) is 46.0. The molecule has 0 aromatic heterocycles. The summed E-state index contributed by atoms with van der Waals surface area (Å²) in [4.78, 5) is 14.3. The Labute approximate surface area is 372 Å². The van der Waals surface area contributed by atoms with Crippen LogP contribution in [0.5, 0.6) is 0 Å². The van der Waals surface area contributed by atoms with Gasteiger partial charge in [0.1, 0.15) is 36.1 Å². The number of nitrogens with zero attached hydrogens (tertiary/aromatic N) is 1. The molecule has 2 saturated heterocycles. The van der Waals surface area contributed by atoms with E-state index >= 15 is 0 Å². The third-order valence-corrected chi connectivity index (χ3v) is 12.6. The lowest BCUT2D eigenvalue weighted by Crippen LogP contribution is -2.61. The molecule has 2 aliphatic rings. The molecule has 62 heavy (non-hydrogen) atoms. The molecule has 0 bridgehead atoms. The number of halogens is 3. The van der Waals surface area contributed by atoms with Crippen LogP contribution in [0, 0.1) is 5.92 Å². The van der Waals surface area contributed by atoms with E-state index in [4.69, 9.17) is 14.2 Å². The summed E-state index contributed by atoms with van der Waals surface area (Å²) in [5.74, 6) is 0.494. The van der Waals surface area contributed by atoms with Crippen molar-refractivity contribution < 1.29 is 62.8 Å². The zero-order valence-electron chi connectivity index (χ0n) is 38.9. The topological polar surface area (TPSA) is 181 Å². The fraction of sp³-hybridized carbons (Fsp3) is 0.979. The number of rotatable bonds is 34. The van der Waals surface area contributed by atoms with Gasteiger partial charge >= 0.3 is 12.1 Å². The molecule has 0 aliphatic carbocycles. The molecule has 2 rings (SSSR count).